The molecule has 1 aliphatic rings. The molecule has 152 valence electrons. The molecule has 1 unspecified atom stereocenters. The van der Waals surface area contributed by atoms with E-state index in [-0.39, 0.29) is 6.79 Å². The van der Waals surface area contributed by atoms with Crippen LogP contribution in [0.2, 0.25) is 0 Å². The number of ether oxygens (including phenoxy) is 3. The van der Waals surface area contributed by atoms with Gasteiger partial charge in [-0.25, -0.2) is 13.2 Å². The van der Waals surface area contributed by atoms with E-state index in [4.69, 9.17) is 14.2 Å². The maximum atomic E-state index is 12.4. The molecule has 0 aromatic heterocycles. The Morgan fingerprint density at radius 2 is 1.79 bits per heavy atom. The summed E-state index contributed by atoms with van der Waals surface area (Å²) in [5, 5.41) is 0. The van der Waals surface area contributed by atoms with Gasteiger partial charge in [0.25, 0.3) is 0 Å². The normalized spacial score (nSPS) is 13.9. The van der Waals surface area contributed by atoms with Crippen LogP contribution in [-0.2, 0) is 19.6 Å². The SMILES string of the molecule is CC(OC(=O)/C=C/c1ccc2c(c1)OCO2)C(=O)c1ccc(NS(C)(=O)=O)cc1. The third-order valence-corrected chi connectivity index (χ3v) is 4.55. The molecule has 1 aliphatic heterocycles. The molecule has 0 spiro atoms. The summed E-state index contributed by atoms with van der Waals surface area (Å²) in [6.45, 7) is 1.63. The van der Waals surface area contributed by atoms with Crippen LogP contribution in [0.25, 0.3) is 6.08 Å². The highest BCUT2D eigenvalue weighted by Crippen LogP contribution is 2.32. The van der Waals surface area contributed by atoms with Gasteiger partial charge in [0.1, 0.15) is 0 Å². The van der Waals surface area contributed by atoms with Gasteiger partial charge in [-0.3, -0.25) is 9.52 Å². The number of carbonyl (C=O) groups is 2. The van der Waals surface area contributed by atoms with E-state index in [0.29, 0.717) is 22.7 Å². The minimum absolute atomic E-state index is 0.162. The summed E-state index contributed by atoms with van der Waals surface area (Å²) in [7, 11) is -3.40. The second-order valence-electron chi connectivity index (χ2n) is 6.34. The molecule has 0 amide bonds. The molecule has 1 heterocycles. The number of esters is 1. The van der Waals surface area contributed by atoms with Crippen LogP contribution in [0.15, 0.2) is 48.5 Å². The highest BCUT2D eigenvalue weighted by molar-refractivity contribution is 7.92. The largest absolute Gasteiger partial charge is 0.454 e. The fourth-order valence-electron chi connectivity index (χ4n) is 2.60. The lowest BCUT2D eigenvalue weighted by Crippen LogP contribution is -2.23. The van der Waals surface area contributed by atoms with E-state index >= 15 is 0 Å². The first-order chi connectivity index (χ1) is 13.7. The van der Waals surface area contributed by atoms with Gasteiger partial charge in [0.05, 0.1) is 6.26 Å². The molecule has 0 radical (unpaired) electrons. The molecule has 0 saturated carbocycles. The van der Waals surface area contributed by atoms with Gasteiger partial charge in [-0.1, -0.05) is 6.07 Å². The van der Waals surface area contributed by atoms with Crippen LogP contribution in [0.3, 0.4) is 0 Å². The summed E-state index contributed by atoms with van der Waals surface area (Å²) in [6, 6.07) is 11.1. The van der Waals surface area contributed by atoms with Crippen LogP contribution in [-0.4, -0.2) is 39.3 Å². The first-order valence-electron chi connectivity index (χ1n) is 8.62. The summed E-state index contributed by atoms with van der Waals surface area (Å²) in [5.74, 6) is 0.166. The lowest BCUT2D eigenvalue weighted by Gasteiger charge is -2.11. The minimum Gasteiger partial charge on any atom is -0.454 e. The van der Waals surface area contributed by atoms with E-state index in [2.05, 4.69) is 4.72 Å². The van der Waals surface area contributed by atoms with Crippen LogP contribution in [0.4, 0.5) is 5.69 Å². The van der Waals surface area contributed by atoms with Gasteiger partial charge in [-0.05, 0) is 55.0 Å². The fraction of sp³-hybridized carbons (Fsp3) is 0.200. The van der Waals surface area contributed by atoms with Gasteiger partial charge in [-0.2, -0.15) is 0 Å². The van der Waals surface area contributed by atoms with Crippen molar-refractivity contribution in [3.05, 3.63) is 59.7 Å². The number of anilines is 1. The topological polar surface area (TPSA) is 108 Å². The average molecular weight is 417 g/mol. The van der Waals surface area contributed by atoms with Crippen LogP contribution in [0.5, 0.6) is 11.5 Å². The number of hydrogen-bond acceptors (Lipinski definition) is 7. The van der Waals surface area contributed by atoms with Crippen LogP contribution in [0, 0.1) is 0 Å². The van der Waals surface area contributed by atoms with Crippen molar-refractivity contribution >= 4 is 33.5 Å². The molecule has 1 N–H and O–H groups in total. The molecule has 0 bridgehead atoms. The van der Waals surface area contributed by atoms with Crippen molar-refractivity contribution in [1.29, 1.82) is 0 Å². The van der Waals surface area contributed by atoms with Crippen molar-refractivity contribution in [3.8, 4) is 11.5 Å². The molecule has 3 rings (SSSR count). The Balaban J connectivity index is 1.58. The molecular weight excluding hydrogens is 398 g/mol. The van der Waals surface area contributed by atoms with E-state index in [1.165, 1.54) is 37.3 Å². The number of rotatable bonds is 7. The van der Waals surface area contributed by atoms with E-state index in [0.717, 1.165) is 11.8 Å². The number of hydrogen-bond donors (Lipinski definition) is 1. The van der Waals surface area contributed by atoms with Gasteiger partial charge in [0.15, 0.2) is 17.6 Å². The fourth-order valence-corrected chi connectivity index (χ4v) is 3.16. The molecule has 0 aliphatic carbocycles. The van der Waals surface area contributed by atoms with Gasteiger partial charge in [0.2, 0.25) is 22.6 Å². The molecule has 2 aromatic carbocycles. The van der Waals surface area contributed by atoms with E-state index in [1.807, 2.05) is 0 Å². The van der Waals surface area contributed by atoms with Crippen molar-refractivity contribution in [2.24, 2.45) is 0 Å². The number of Topliss-reactive ketones (excluding diaryl/α,β-unsaturated/α-hetero) is 1. The zero-order valence-electron chi connectivity index (χ0n) is 15.7. The van der Waals surface area contributed by atoms with Crippen molar-refractivity contribution in [2.75, 3.05) is 17.8 Å². The summed E-state index contributed by atoms with van der Waals surface area (Å²) in [5.41, 5.74) is 1.35. The summed E-state index contributed by atoms with van der Waals surface area (Å²) < 4.78 is 40.4. The summed E-state index contributed by atoms with van der Waals surface area (Å²) in [6.07, 6.45) is 2.80. The van der Waals surface area contributed by atoms with Crippen molar-refractivity contribution in [1.82, 2.24) is 0 Å². The molecule has 29 heavy (non-hydrogen) atoms. The molecule has 0 saturated heterocycles. The lowest BCUT2D eigenvalue weighted by molar-refractivity contribution is -0.140. The highest BCUT2D eigenvalue weighted by atomic mass is 32.2. The maximum Gasteiger partial charge on any atom is 0.331 e. The second-order valence-corrected chi connectivity index (χ2v) is 8.09. The van der Waals surface area contributed by atoms with Gasteiger partial charge >= 0.3 is 5.97 Å². The van der Waals surface area contributed by atoms with Crippen LogP contribution < -0.4 is 14.2 Å². The van der Waals surface area contributed by atoms with Crippen LogP contribution >= 0.6 is 0 Å². The standard InChI is InChI=1S/C20H19NO7S/c1-13(20(23)15-5-7-16(8-6-15)21-29(2,24)25)28-19(22)10-4-14-3-9-17-18(11-14)27-12-26-17/h3-11,13,21H,12H2,1-2H3/b10-4+. The predicted molar refractivity (Wildman–Crippen MR) is 106 cm³/mol. The summed E-state index contributed by atoms with van der Waals surface area (Å²) in [4.78, 5) is 24.4. The smallest absolute Gasteiger partial charge is 0.331 e. The van der Waals surface area contributed by atoms with Crippen LogP contribution in [0.1, 0.15) is 22.8 Å². The molecular formula is C20H19NO7S. The zero-order chi connectivity index (χ0) is 21.0. The van der Waals surface area contributed by atoms with Gasteiger partial charge in [-0.15, -0.1) is 0 Å². The number of carbonyl (C=O) groups excluding carboxylic acids is 2. The molecule has 9 heteroatoms. The maximum absolute atomic E-state index is 12.4. The average Bonchev–Trinajstić information content (AvgIpc) is 3.13. The second kappa shape index (κ2) is 8.36. The Bertz CT molecular complexity index is 1060. The highest BCUT2D eigenvalue weighted by Gasteiger charge is 2.19. The Labute approximate surface area is 168 Å². The lowest BCUT2D eigenvalue weighted by atomic mass is 10.1. The number of fused-ring (bicyclic) bond motifs is 1. The van der Waals surface area contributed by atoms with E-state index in [1.54, 1.807) is 24.3 Å². The first kappa shape index (κ1) is 20.4. The monoisotopic (exact) mass is 417 g/mol. The first-order valence-corrected chi connectivity index (χ1v) is 10.5. The number of sulfonamides is 1. The minimum atomic E-state index is -3.40. The van der Waals surface area contributed by atoms with Gasteiger partial charge < -0.3 is 14.2 Å². The molecule has 1 atom stereocenters. The third-order valence-electron chi connectivity index (χ3n) is 3.94. The Morgan fingerprint density at radius 1 is 1.10 bits per heavy atom. The van der Waals surface area contributed by atoms with E-state index in [9.17, 15) is 18.0 Å². The van der Waals surface area contributed by atoms with Gasteiger partial charge in [0, 0.05) is 17.3 Å². The van der Waals surface area contributed by atoms with Crippen molar-refractivity contribution in [3.63, 3.8) is 0 Å². The third kappa shape index (κ3) is 5.58. The number of nitrogens with one attached hydrogen (secondary N) is 1. The quantitative estimate of drug-likeness (QED) is 0.419. The summed E-state index contributed by atoms with van der Waals surface area (Å²) >= 11 is 0. The Kier molecular flexibility index (Phi) is 5.88. The number of ketones is 1. The zero-order valence-corrected chi connectivity index (χ0v) is 16.6. The Hall–Kier alpha value is -3.33. The Morgan fingerprint density at radius 3 is 2.48 bits per heavy atom. The molecule has 0 fully saturated rings. The molecule has 2 aromatic rings. The van der Waals surface area contributed by atoms with Crippen molar-refractivity contribution < 1.29 is 32.2 Å². The van der Waals surface area contributed by atoms with E-state index < -0.39 is 27.9 Å². The molecule has 8 nitrogen and oxygen atoms in total. The predicted octanol–water partition coefficient (Wildman–Crippen LogP) is 2.61. The van der Waals surface area contributed by atoms with Crippen molar-refractivity contribution in [2.45, 2.75) is 13.0 Å². The number of benzene rings is 2.